The number of carbonyl (C=O) groups excluding carboxylic acids is 2. The number of thiophene rings is 1. The summed E-state index contributed by atoms with van der Waals surface area (Å²) in [5.74, 6) is -2.05. The maximum atomic E-state index is 13.7. The van der Waals surface area contributed by atoms with Gasteiger partial charge in [-0.05, 0) is 19.1 Å². The van der Waals surface area contributed by atoms with Crippen LogP contribution in [0.4, 0.5) is 9.39 Å². The molecule has 2 N–H and O–H groups in total. The summed E-state index contributed by atoms with van der Waals surface area (Å²) in [5.41, 5.74) is 5.97. The summed E-state index contributed by atoms with van der Waals surface area (Å²) in [6.45, 7) is 1.41. The number of nitrogen functional groups attached to an aromatic ring is 1. The van der Waals surface area contributed by atoms with Crippen molar-refractivity contribution in [1.29, 1.82) is 5.26 Å². The second-order valence-electron chi connectivity index (χ2n) is 5.02. The van der Waals surface area contributed by atoms with Crippen molar-refractivity contribution in [1.82, 2.24) is 0 Å². The highest BCUT2D eigenvalue weighted by Crippen LogP contribution is 2.32. The van der Waals surface area contributed by atoms with Crippen LogP contribution in [0.1, 0.15) is 33.3 Å². The van der Waals surface area contributed by atoms with E-state index in [4.69, 9.17) is 26.8 Å². The van der Waals surface area contributed by atoms with Gasteiger partial charge >= 0.3 is 11.9 Å². The molecule has 0 unspecified atom stereocenters. The lowest BCUT2D eigenvalue weighted by Gasteiger charge is -2.08. The number of halogens is 2. The van der Waals surface area contributed by atoms with E-state index in [0.29, 0.717) is 0 Å². The van der Waals surface area contributed by atoms with Crippen molar-refractivity contribution in [3.8, 4) is 6.07 Å². The molecule has 136 valence electrons. The van der Waals surface area contributed by atoms with Gasteiger partial charge in [-0.1, -0.05) is 17.7 Å². The van der Waals surface area contributed by atoms with Crippen molar-refractivity contribution in [2.24, 2.45) is 0 Å². The van der Waals surface area contributed by atoms with Crippen LogP contribution in [0, 0.1) is 17.1 Å². The van der Waals surface area contributed by atoms with Gasteiger partial charge in [0.05, 0.1) is 18.6 Å². The van der Waals surface area contributed by atoms with Crippen molar-refractivity contribution < 1.29 is 23.5 Å². The van der Waals surface area contributed by atoms with Gasteiger partial charge in [0.25, 0.3) is 0 Å². The SMILES string of the molecule is CCOC(=O)c1sc(N)c(C#N)c1COC(=O)Cc1c(F)cccc1Cl. The minimum Gasteiger partial charge on any atom is -0.462 e. The topological polar surface area (TPSA) is 102 Å². The lowest BCUT2D eigenvalue weighted by Crippen LogP contribution is -2.12. The molecule has 1 heterocycles. The normalized spacial score (nSPS) is 10.2. The molecular formula is C17H14ClFN2O4S. The summed E-state index contributed by atoms with van der Waals surface area (Å²) in [5, 5.41) is 9.44. The Morgan fingerprint density at radius 2 is 2.08 bits per heavy atom. The van der Waals surface area contributed by atoms with E-state index < -0.39 is 17.8 Å². The van der Waals surface area contributed by atoms with Crippen LogP contribution in [0.25, 0.3) is 0 Å². The maximum Gasteiger partial charge on any atom is 0.348 e. The Hall–Kier alpha value is -2.63. The Labute approximate surface area is 157 Å². The second kappa shape index (κ2) is 8.65. The quantitative estimate of drug-likeness (QED) is 0.750. The van der Waals surface area contributed by atoms with Crippen LogP contribution in [0.15, 0.2) is 18.2 Å². The molecule has 0 fully saturated rings. The first kappa shape index (κ1) is 19.7. The van der Waals surface area contributed by atoms with Gasteiger partial charge in [-0.3, -0.25) is 4.79 Å². The van der Waals surface area contributed by atoms with Crippen LogP contribution in [0.2, 0.25) is 5.02 Å². The molecule has 2 aromatic rings. The molecule has 6 nitrogen and oxygen atoms in total. The molecule has 0 spiro atoms. The molecule has 0 saturated carbocycles. The zero-order valence-corrected chi connectivity index (χ0v) is 15.2. The molecule has 0 radical (unpaired) electrons. The standard InChI is InChI=1S/C17H14ClFN2O4S/c1-2-24-17(23)15-11(10(7-20)16(21)26-15)8-25-14(22)6-9-12(18)4-3-5-13(9)19/h3-5H,2,6,8,21H2,1H3. The zero-order chi connectivity index (χ0) is 19.3. The number of esters is 2. The molecule has 0 saturated heterocycles. The van der Waals surface area contributed by atoms with Gasteiger partial charge in [0, 0.05) is 16.1 Å². The molecule has 0 amide bonds. The average molecular weight is 397 g/mol. The van der Waals surface area contributed by atoms with Gasteiger partial charge in [0.1, 0.15) is 28.4 Å². The van der Waals surface area contributed by atoms with Crippen molar-refractivity contribution >= 4 is 39.9 Å². The number of nitrogens with zero attached hydrogens (tertiary/aromatic N) is 1. The third-order valence-electron chi connectivity index (χ3n) is 3.37. The third kappa shape index (κ3) is 4.31. The smallest absolute Gasteiger partial charge is 0.348 e. The van der Waals surface area contributed by atoms with Crippen LogP contribution < -0.4 is 5.73 Å². The lowest BCUT2D eigenvalue weighted by atomic mass is 10.1. The number of rotatable bonds is 6. The maximum absolute atomic E-state index is 13.7. The molecule has 0 aliphatic heterocycles. The summed E-state index contributed by atoms with van der Waals surface area (Å²) in [6.07, 6.45) is -0.387. The third-order valence-corrected chi connectivity index (χ3v) is 4.76. The summed E-state index contributed by atoms with van der Waals surface area (Å²) >= 11 is 6.76. The number of nitrogens with two attached hydrogens (primary N) is 1. The number of benzene rings is 1. The Morgan fingerprint density at radius 1 is 1.35 bits per heavy atom. The average Bonchev–Trinajstić information content (AvgIpc) is 2.92. The molecule has 1 aromatic carbocycles. The fourth-order valence-electron chi connectivity index (χ4n) is 2.16. The van der Waals surface area contributed by atoms with E-state index in [1.165, 1.54) is 18.2 Å². The zero-order valence-electron chi connectivity index (χ0n) is 13.7. The van der Waals surface area contributed by atoms with Crippen LogP contribution in [-0.4, -0.2) is 18.5 Å². The van der Waals surface area contributed by atoms with Crippen molar-refractivity contribution in [3.05, 3.63) is 50.6 Å². The van der Waals surface area contributed by atoms with Crippen molar-refractivity contribution in [2.75, 3.05) is 12.3 Å². The molecular weight excluding hydrogens is 383 g/mol. The van der Waals surface area contributed by atoms with Crippen LogP contribution in [0.5, 0.6) is 0 Å². The first-order chi connectivity index (χ1) is 12.4. The van der Waals surface area contributed by atoms with E-state index >= 15 is 0 Å². The minimum atomic E-state index is -0.763. The highest BCUT2D eigenvalue weighted by Gasteiger charge is 2.24. The van der Waals surface area contributed by atoms with Gasteiger partial charge in [0.2, 0.25) is 0 Å². The van der Waals surface area contributed by atoms with Crippen molar-refractivity contribution in [2.45, 2.75) is 20.0 Å². The van der Waals surface area contributed by atoms with E-state index in [1.807, 2.05) is 6.07 Å². The number of carbonyl (C=O) groups is 2. The molecule has 0 bridgehead atoms. The Morgan fingerprint density at radius 3 is 2.69 bits per heavy atom. The molecule has 9 heteroatoms. The van der Waals surface area contributed by atoms with E-state index in [-0.39, 0.29) is 51.2 Å². The first-order valence-corrected chi connectivity index (χ1v) is 8.65. The summed E-state index contributed by atoms with van der Waals surface area (Å²) in [4.78, 5) is 24.1. The predicted octanol–water partition coefficient (Wildman–Crippen LogP) is 3.46. The molecule has 0 aliphatic carbocycles. The van der Waals surface area contributed by atoms with Gasteiger partial charge in [-0.2, -0.15) is 5.26 Å². The van der Waals surface area contributed by atoms with Crippen LogP contribution >= 0.6 is 22.9 Å². The largest absolute Gasteiger partial charge is 0.462 e. The number of anilines is 1. The Balaban J connectivity index is 2.17. The van der Waals surface area contributed by atoms with Gasteiger partial charge in [0.15, 0.2) is 0 Å². The Bertz CT molecular complexity index is 871. The van der Waals surface area contributed by atoms with E-state index in [0.717, 1.165) is 11.3 Å². The lowest BCUT2D eigenvalue weighted by molar-refractivity contribution is -0.144. The second-order valence-corrected chi connectivity index (χ2v) is 6.48. The van der Waals surface area contributed by atoms with Gasteiger partial charge in [-0.25, -0.2) is 9.18 Å². The summed E-state index contributed by atoms with van der Waals surface area (Å²) < 4.78 is 23.7. The number of hydrogen-bond donors (Lipinski definition) is 1. The van der Waals surface area contributed by atoms with Crippen LogP contribution in [0.3, 0.4) is 0 Å². The predicted molar refractivity (Wildman–Crippen MR) is 94.3 cm³/mol. The molecule has 26 heavy (non-hydrogen) atoms. The number of ether oxygens (including phenoxy) is 2. The fourth-order valence-corrected chi connectivity index (χ4v) is 3.30. The fraction of sp³-hybridized carbons (Fsp3) is 0.235. The molecule has 2 rings (SSSR count). The molecule has 1 aromatic heterocycles. The highest BCUT2D eigenvalue weighted by molar-refractivity contribution is 7.18. The van der Waals surface area contributed by atoms with E-state index in [2.05, 4.69) is 0 Å². The Kier molecular flexibility index (Phi) is 6.55. The number of hydrogen-bond acceptors (Lipinski definition) is 7. The van der Waals surface area contributed by atoms with Crippen molar-refractivity contribution in [3.63, 3.8) is 0 Å². The summed E-state index contributed by atoms with van der Waals surface area (Å²) in [6, 6.07) is 5.94. The first-order valence-electron chi connectivity index (χ1n) is 7.45. The monoisotopic (exact) mass is 396 g/mol. The highest BCUT2D eigenvalue weighted by atomic mass is 35.5. The summed E-state index contributed by atoms with van der Waals surface area (Å²) in [7, 11) is 0. The van der Waals surface area contributed by atoms with Gasteiger partial charge < -0.3 is 15.2 Å². The van der Waals surface area contributed by atoms with E-state index in [9.17, 15) is 19.2 Å². The van der Waals surface area contributed by atoms with Crippen LogP contribution in [-0.2, 0) is 27.3 Å². The number of nitriles is 1. The molecule has 0 aliphatic rings. The van der Waals surface area contributed by atoms with Gasteiger partial charge in [-0.15, -0.1) is 11.3 Å². The molecule has 0 atom stereocenters. The van der Waals surface area contributed by atoms with E-state index in [1.54, 1.807) is 6.92 Å². The minimum absolute atomic E-state index is 0.00937.